The molecule has 1 atom stereocenters. The number of benzene rings is 2. The van der Waals surface area contributed by atoms with Gasteiger partial charge in [0.2, 0.25) is 0 Å². The first-order valence-corrected chi connectivity index (χ1v) is 11.2. The van der Waals surface area contributed by atoms with Crippen molar-refractivity contribution in [3.05, 3.63) is 106 Å². The minimum atomic E-state index is -0.183. The van der Waals surface area contributed by atoms with Crippen molar-refractivity contribution < 1.29 is 4.79 Å². The minimum Gasteiger partial charge on any atom is -0.320 e. The summed E-state index contributed by atoms with van der Waals surface area (Å²) in [6.45, 7) is 2.79. The Kier molecular flexibility index (Phi) is 6.77. The molecule has 4 nitrogen and oxygen atoms in total. The number of aromatic nitrogens is 1. The van der Waals surface area contributed by atoms with Crippen LogP contribution in [0.3, 0.4) is 0 Å². The van der Waals surface area contributed by atoms with Crippen molar-refractivity contribution in [2.75, 3.05) is 5.32 Å². The Labute approximate surface area is 190 Å². The zero-order valence-electron chi connectivity index (χ0n) is 17.0. The number of anilines is 1. The van der Waals surface area contributed by atoms with Gasteiger partial charge in [0.1, 0.15) is 0 Å². The summed E-state index contributed by atoms with van der Waals surface area (Å²) < 4.78 is 0. The van der Waals surface area contributed by atoms with E-state index in [4.69, 9.17) is 11.6 Å². The number of hydrogen-bond donors (Lipinski definition) is 2. The largest absolute Gasteiger partial charge is 0.320 e. The van der Waals surface area contributed by atoms with E-state index in [2.05, 4.69) is 34.7 Å². The summed E-state index contributed by atoms with van der Waals surface area (Å²) in [5.41, 5.74) is 3.73. The summed E-state index contributed by atoms with van der Waals surface area (Å²) in [4.78, 5) is 18.7. The fourth-order valence-electron chi connectivity index (χ4n) is 3.20. The fraction of sp³-hybridized carbons (Fsp3) is 0.120. The molecule has 156 valence electrons. The molecule has 31 heavy (non-hydrogen) atoms. The van der Waals surface area contributed by atoms with Crippen LogP contribution in [0, 0.1) is 0 Å². The van der Waals surface area contributed by atoms with E-state index in [-0.39, 0.29) is 11.9 Å². The summed E-state index contributed by atoms with van der Waals surface area (Å²) in [5, 5.41) is 6.96. The Balaban J connectivity index is 1.43. The number of thiophene rings is 1. The summed E-state index contributed by atoms with van der Waals surface area (Å²) >= 11 is 7.75. The van der Waals surface area contributed by atoms with Gasteiger partial charge in [-0.2, -0.15) is 0 Å². The highest BCUT2D eigenvalue weighted by Gasteiger charge is 2.13. The molecule has 2 aromatic carbocycles. The van der Waals surface area contributed by atoms with Crippen LogP contribution in [0.1, 0.15) is 33.8 Å². The third kappa shape index (κ3) is 5.39. The molecule has 0 saturated carbocycles. The van der Waals surface area contributed by atoms with E-state index in [1.807, 2.05) is 66.7 Å². The molecule has 0 fully saturated rings. The van der Waals surface area contributed by atoms with Crippen LogP contribution >= 0.6 is 22.9 Å². The molecule has 0 bridgehead atoms. The zero-order valence-corrected chi connectivity index (χ0v) is 18.6. The van der Waals surface area contributed by atoms with Crippen LogP contribution in [-0.2, 0) is 6.54 Å². The van der Waals surface area contributed by atoms with Gasteiger partial charge in [-0.05, 0) is 54.4 Å². The van der Waals surface area contributed by atoms with E-state index in [1.54, 1.807) is 6.20 Å². The van der Waals surface area contributed by atoms with Crippen LogP contribution in [0.5, 0.6) is 0 Å². The van der Waals surface area contributed by atoms with Gasteiger partial charge in [-0.25, -0.2) is 0 Å². The topological polar surface area (TPSA) is 54.0 Å². The van der Waals surface area contributed by atoms with E-state index >= 15 is 0 Å². The second kappa shape index (κ2) is 9.88. The average molecular weight is 448 g/mol. The van der Waals surface area contributed by atoms with Crippen molar-refractivity contribution in [3.63, 3.8) is 0 Å². The lowest BCUT2D eigenvalue weighted by atomic mass is 10.1. The normalized spacial score (nSPS) is 11.8. The number of nitrogens with zero attached hydrogens (tertiary/aromatic N) is 1. The Bertz CT molecular complexity index is 1160. The SMILES string of the molecule is C[C@@H](NCc1ccc(Cl)c(NC(=O)c2ccc(-c3ccccn3)s2)c1)c1ccccc1. The number of rotatable bonds is 7. The first-order valence-electron chi connectivity index (χ1n) is 9.99. The standard InChI is InChI=1S/C25H22ClN3OS/c1-17(19-7-3-2-4-8-19)28-16-18-10-11-20(26)22(15-18)29-25(30)24-13-12-23(31-24)21-9-5-6-14-27-21/h2-15,17,28H,16H2,1H3,(H,29,30)/t17-/m1/s1. The molecule has 1 amide bonds. The Morgan fingerprint density at radius 1 is 1.03 bits per heavy atom. The van der Waals surface area contributed by atoms with Crippen LogP contribution < -0.4 is 10.6 Å². The molecule has 0 unspecified atom stereocenters. The molecule has 6 heteroatoms. The van der Waals surface area contributed by atoms with Crippen LogP contribution in [0.2, 0.25) is 5.02 Å². The lowest BCUT2D eigenvalue weighted by Crippen LogP contribution is -2.18. The van der Waals surface area contributed by atoms with Crippen molar-refractivity contribution in [1.82, 2.24) is 10.3 Å². The van der Waals surface area contributed by atoms with Crippen molar-refractivity contribution in [2.24, 2.45) is 0 Å². The van der Waals surface area contributed by atoms with Crippen LogP contribution in [0.25, 0.3) is 10.6 Å². The lowest BCUT2D eigenvalue weighted by Gasteiger charge is -2.15. The maximum Gasteiger partial charge on any atom is 0.265 e. The Hall–Kier alpha value is -2.99. The van der Waals surface area contributed by atoms with Gasteiger partial charge in [0.25, 0.3) is 5.91 Å². The van der Waals surface area contributed by atoms with E-state index in [0.29, 0.717) is 22.1 Å². The molecule has 0 aliphatic heterocycles. The molecule has 0 aliphatic carbocycles. The predicted octanol–water partition coefficient (Wildman–Crippen LogP) is 6.57. The van der Waals surface area contributed by atoms with Gasteiger partial charge in [0, 0.05) is 18.8 Å². The van der Waals surface area contributed by atoms with Crippen molar-refractivity contribution >= 4 is 34.5 Å². The molecule has 2 N–H and O–H groups in total. The number of carbonyl (C=O) groups excluding carboxylic acids is 1. The highest BCUT2D eigenvalue weighted by atomic mass is 35.5. The quantitative estimate of drug-likeness (QED) is 0.337. The molecule has 0 saturated heterocycles. The molecular weight excluding hydrogens is 426 g/mol. The monoisotopic (exact) mass is 447 g/mol. The number of pyridine rings is 1. The molecule has 2 aromatic heterocycles. The van der Waals surface area contributed by atoms with Crippen molar-refractivity contribution in [3.8, 4) is 10.6 Å². The van der Waals surface area contributed by atoms with E-state index < -0.39 is 0 Å². The number of carbonyl (C=O) groups is 1. The van der Waals surface area contributed by atoms with Crippen molar-refractivity contribution in [2.45, 2.75) is 19.5 Å². The first-order chi connectivity index (χ1) is 15.1. The smallest absolute Gasteiger partial charge is 0.265 e. The molecule has 4 rings (SSSR count). The fourth-order valence-corrected chi connectivity index (χ4v) is 4.24. The predicted molar refractivity (Wildman–Crippen MR) is 129 cm³/mol. The molecular formula is C25H22ClN3OS. The van der Waals surface area contributed by atoms with Gasteiger partial charge >= 0.3 is 0 Å². The third-order valence-electron chi connectivity index (χ3n) is 4.94. The molecule has 2 heterocycles. The van der Waals surface area contributed by atoms with Crippen LogP contribution in [0.4, 0.5) is 5.69 Å². The van der Waals surface area contributed by atoms with E-state index in [9.17, 15) is 4.79 Å². The van der Waals surface area contributed by atoms with Gasteiger partial charge in [-0.15, -0.1) is 11.3 Å². The van der Waals surface area contributed by atoms with Gasteiger partial charge < -0.3 is 10.6 Å². The van der Waals surface area contributed by atoms with Gasteiger partial charge in [0.15, 0.2) is 0 Å². The highest BCUT2D eigenvalue weighted by molar-refractivity contribution is 7.17. The first kappa shape index (κ1) is 21.2. The summed E-state index contributed by atoms with van der Waals surface area (Å²) in [6.07, 6.45) is 1.74. The number of halogens is 1. The average Bonchev–Trinajstić information content (AvgIpc) is 3.31. The van der Waals surface area contributed by atoms with Crippen LogP contribution in [0.15, 0.2) is 85.1 Å². The maximum atomic E-state index is 12.8. The van der Waals surface area contributed by atoms with Gasteiger partial charge in [0.05, 0.1) is 26.2 Å². The third-order valence-corrected chi connectivity index (χ3v) is 6.37. The van der Waals surface area contributed by atoms with Crippen molar-refractivity contribution in [1.29, 1.82) is 0 Å². The summed E-state index contributed by atoms with van der Waals surface area (Å²) in [6, 6.07) is 25.6. The number of hydrogen-bond acceptors (Lipinski definition) is 4. The second-order valence-electron chi connectivity index (χ2n) is 7.16. The molecule has 0 spiro atoms. The van der Waals surface area contributed by atoms with Crippen LogP contribution in [-0.4, -0.2) is 10.9 Å². The highest BCUT2D eigenvalue weighted by Crippen LogP contribution is 2.29. The maximum absolute atomic E-state index is 12.8. The van der Waals surface area contributed by atoms with E-state index in [0.717, 1.165) is 16.1 Å². The lowest BCUT2D eigenvalue weighted by molar-refractivity contribution is 0.103. The molecule has 0 radical (unpaired) electrons. The Morgan fingerprint density at radius 2 is 1.84 bits per heavy atom. The minimum absolute atomic E-state index is 0.183. The second-order valence-corrected chi connectivity index (χ2v) is 8.65. The summed E-state index contributed by atoms with van der Waals surface area (Å²) in [5.74, 6) is -0.183. The molecule has 4 aromatic rings. The van der Waals surface area contributed by atoms with Gasteiger partial charge in [-0.1, -0.05) is 54.1 Å². The van der Waals surface area contributed by atoms with E-state index in [1.165, 1.54) is 16.9 Å². The summed E-state index contributed by atoms with van der Waals surface area (Å²) in [7, 11) is 0. The zero-order chi connectivity index (χ0) is 21.6. The number of amides is 1. The Morgan fingerprint density at radius 3 is 2.61 bits per heavy atom. The number of nitrogens with one attached hydrogen (secondary N) is 2. The molecule has 0 aliphatic rings. The van der Waals surface area contributed by atoms with Gasteiger partial charge in [-0.3, -0.25) is 9.78 Å².